The van der Waals surface area contributed by atoms with E-state index in [4.69, 9.17) is 0 Å². The highest BCUT2D eigenvalue weighted by Crippen LogP contribution is 2.35. The fraction of sp³-hybridized carbons (Fsp3) is 0.500. The van der Waals surface area contributed by atoms with Crippen molar-refractivity contribution in [2.24, 2.45) is 0 Å². The molecular weight excluding hydrogens is 279 g/mol. The second-order valence-electron chi connectivity index (χ2n) is 4.02. The lowest BCUT2D eigenvalue weighted by atomic mass is 10.0. The Hall–Kier alpha value is -0.330. The van der Waals surface area contributed by atoms with Gasteiger partial charge in [0, 0.05) is 34.1 Å². The molecule has 1 heterocycles. The van der Waals surface area contributed by atoms with Gasteiger partial charge in [-0.2, -0.15) is 23.5 Å². The molecule has 2 unspecified atom stereocenters. The molecule has 100 valence electrons. The highest BCUT2D eigenvalue weighted by atomic mass is 32.2. The number of benzene rings is 1. The molecule has 1 aliphatic rings. The summed E-state index contributed by atoms with van der Waals surface area (Å²) in [6, 6.07) is 2.02. The lowest BCUT2D eigenvalue weighted by Crippen LogP contribution is -2.32. The molecule has 0 amide bonds. The Labute approximate surface area is 113 Å². The van der Waals surface area contributed by atoms with E-state index in [1.54, 1.807) is 30.6 Å². The van der Waals surface area contributed by atoms with Crippen LogP contribution in [0.25, 0.3) is 0 Å². The summed E-state index contributed by atoms with van der Waals surface area (Å²) in [6.45, 7) is 0. The van der Waals surface area contributed by atoms with Gasteiger partial charge in [-0.25, -0.2) is 13.2 Å². The maximum atomic E-state index is 13.8. The second-order valence-corrected chi connectivity index (χ2v) is 6.51. The number of thioether (sulfide) groups is 2. The fourth-order valence-electron chi connectivity index (χ4n) is 2.02. The molecule has 1 N–H and O–H groups in total. The van der Waals surface area contributed by atoms with E-state index in [9.17, 15) is 13.2 Å². The van der Waals surface area contributed by atoms with Crippen molar-refractivity contribution in [3.8, 4) is 0 Å². The highest BCUT2D eigenvalue weighted by molar-refractivity contribution is 8.06. The molecule has 6 heteroatoms. The van der Waals surface area contributed by atoms with Crippen LogP contribution >= 0.6 is 23.5 Å². The number of rotatable bonds is 3. The van der Waals surface area contributed by atoms with Gasteiger partial charge in [0.2, 0.25) is 0 Å². The Morgan fingerprint density at radius 2 is 2.00 bits per heavy atom. The van der Waals surface area contributed by atoms with Crippen LogP contribution in [0.3, 0.4) is 0 Å². The van der Waals surface area contributed by atoms with Gasteiger partial charge in [-0.1, -0.05) is 6.07 Å². The quantitative estimate of drug-likeness (QED) is 0.860. The Bertz CT molecular complexity index is 422. The zero-order valence-corrected chi connectivity index (χ0v) is 11.5. The summed E-state index contributed by atoms with van der Waals surface area (Å²) in [4.78, 5) is 0. The minimum Gasteiger partial charge on any atom is -0.312 e. The van der Waals surface area contributed by atoms with Crippen LogP contribution in [-0.2, 0) is 0 Å². The number of hydrogen-bond acceptors (Lipinski definition) is 3. The second kappa shape index (κ2) is 6.21. The zero-order valence-electron chi connectivity index (χ0n) is 9.88. The zero-order chi connectivity index (χ0) is 13.1. The Kier molecular flexibility index (Phi) is 4.86. The van der Waals surface area contributed by atoms with Crippen LogP contribution in [0.1, 0.15) is 11.6 Å². The van der Waals surface area contributed by atoms with Gasteiger partial charge in [-0.3, -0.25) is 0 Å². The topological polar surface area (TPSA) is 12.0 Å². The maximum absolute atomic E-state index is 13.8. The maximum Gasteiger partial charge on any atom is 0.194 e. The van der Waals surface area contributed by atoms with Crippen LogP contribution in [0.2, 0.25) is 0 Å². The van der Waals surface area contributed by atoms with Crippen molar-refractivity contribution in [2.75, 3.05) is 24.3 Å². The summed E-state index contributed by atoms with van der Waals surface area (Å²) in [6.07, 6.45) is 0. The summed E-state index contributed by atoms with van der Waals surface area (Å²) in [5.74, 6) is -0.644. The van der Waals surface area contributed by atoms with E-state index in [1.807, 2.05) is 0 Å². The van der Waals surface area contributed by atoms with Gasteiger partial charge in [0.1, 0.15) is 0 Å². The molecule has 0 spiro atoms. The highest BCUT2D eigenvalue weighted by Gasteiger charge is 2.28. The van der Waals surface area contributed by atoms with Crippen molar-refractivity contribution < 1.29 is 13.2 Å². The number of hydrogen-bond donors (Lipinski definition) is 1. The van der Waals surface area contributed by atoms with Crippen molar-refractivity contribution in [2.45, 2.75) is 11.3 Å². The predicted octanol–water partition coefficient (Wildman–Crippen LogP) is 3.21. The van der Waals surface area contributed by atoms with Crippen LogP contribution in [-0.4, -0.2) is 29.6 Å². The number of halogens is 3. The van der Waals surface area contributed by atoms with Gasteiger partial charge in [0.25, 0.3) is 0 Å². The minimum absolute atomic E-state index is 0.174. The van der Waals surface area contributed by atoms with E-state index in [1.165, 1.54) is 6.07 Å². The van der Waals surface area contributed by atoms with E-state index in [-0.39, 0.29) is 16.9 Å². The fourth-order valence-corrected chi connectivity index (χ4v) is 4.92. The molecule has 0 aromatic heterocycles. The van der Waals surface area contributed by atoms with Crippen LogP contribution in [0.4, 0.5) is 13.2 Å². The van der Waals surface area contributed by atoms with Gasteiger partial charge in [-0.05, 0) is 13.1 Å². The molecule has 18 heavy (non-hydrogen) atoms. The molecule has 1 aromatic rings. The normalized spacial score (nSPS) is 21.9. The van der Waals surface area contributed by atoms with E-state index < -0.39 is 17.5 Å². The first-order chi connectivity index (χ1) is 8.65. The lowest BCUT2D eigenvalue weighted by molar-refractivity contribution is 0.428. The summed E-state index contributed by atoms with van der Waals surface area (Å²) in [5, 5.41) is 3.19. The summed E-state index contributed by atoms with van der Waals surface area (Å²) in [7, 11) is 1.71. The van der Waals surface area contributed by atoms with Gasteiger partial charge >= 0.3 is 0 Å². The third-order valence-electron chi connectivity index (χ3n) is 2.92. The third kappa shape index (κ3) is 2.81. The van der Waals surface area contributed by atoms with E-state index in [0.29, 0.717) is 0 Å². The molecule has 0 aliphatic carbocycles. The molecule has 2 atom stereocenters. The summed E-state index contributed by atoms with van der Waals surface area (Å²) in [5.41, 5.74) is 0.205. The van der Waals surface area contributed by atoms with Crippen LogP contribution in [0.15, 0.2) is 12.1 Å². The largest absolute Gasteiger partial charge is 0.312 e. The van der Waals surface area contributed by atoms with Crippen LogP contribution in [0.5, 0.6) is 0 Å². The standard InChI is InChI=1S/C12H14F3NS2/c1-16-12(9-6-17-4-5-18-9)7-2-3-8(13)11(15)10(7)14/h2-3,9,12,16H,4-6H2,1H3. The molecule has 1 fully saturated rings. The van der Waals surface area contributed by atoms with Crippen LogP contribution in [0, 0.1) is 17.5 Å². The van der Waals surface area contributed by atoms with Crippen molar-refractivity contribution in [1.29, 1.82) is 0 Å². The third-order valence-corrected chi connectivity index (χ3v) is 5.79. The SMILES string of the molecule is CNC(c1ccc(F)c(F)c1F)C1CSCCS1. The number of nitrogens with one attached hydrogen (secondary N) is 1. The molecule has 1 aromatic carbocycles. The van der Waals surface area contributed by atoms with Crippen LogP contribution < -0.4 is 5.32 Å². The molecular formula is C12H14F3NS2. The summed E-state index contributed by atoms with van der Waals surface area (Å²) >= 11 is 3.55. The molecule has 0 bridgehead atoms. The molecule has 0 saturated carbocycles. The first kappa shape index (κ1) is 14.1. The van der Waals surface area contributed by atoms with Gasteiger partial charge < -0.3 is 5.32 Å². The van der Waals surface area contributed by atoms with Crippen molar-refractivity contribution in [1.82, 2.24) is 5.32 Å². The van der Waals surface area contributed by atoms with Gasteiger partial charge in [-0.15, -0.1) is 0 Å². The minimum atomic E-state index is -1.39. The molecule has 1 nitrogen and oxygen atoms in total. The van der Waals surface area contributed by atoms with Crippen molar-refractivity contribution in [3.63, 3.8) is 0 Å². The predicted molar refractivity (Wildman–Crippen MR) is 71.7 cm³/mol. The average Bonchev–Trinajstić information content (AvgIpc) is 2.41. The molecule has 2 rings (SSSR count). The lowest BCUT2D eigenvalue weighted by Gasteiger charge is -2.29. The monoisotopic (exact) mass is 293 g/mol. The van der Waals surface area contributed by atoms with Gasteiger partial charge in [0.05, 0.1) is 0 Å². The van der Waals surface area contributed by atoms with Crippen molar-refractivity contribution in [3.05, 3.63) is 35.1 Å². The Morgan fingerprint density at radius 3 is 2.61 bits per heavy atom. The molecule has 0 radical (unpaired) electrons. The van der Waals surface area contributed by atoms with Crippen molar-refractivity contribution >= 4 is 23.5 Å². The smallest absolute Gasteiger partial charge is 0.194 e. The Morgan fingerprint density at radius 1 is 1.22 bits per heavy atom. The molecule has 1 saturated heterocycles. The Balaban J connectivity index is 2.29. The van der Waals surface area contributed by atoms with E-state index in [2.05, 4.69) is 5.32 Å². The van der Waals surface area contributed by atoms with E-state index >= 15 is 0 Å². The average molecular weight is 293 g/mol. The van der Waals surface area contributed by atoms with E-state index in [0.717, 1.165) is 23.3 Å². The van der Waals surface area contributed by atoms with Gasteiger partial charge in [0.15, 0.2) is 17.5 Å². The molecule has 1 aliphatic heterocycles. The first-order valence-corrected chi connectivity index (χ1v) is 7.85. The summed E-state index contributed by atoms with van der Waals surface area (Å²) < 4.78 is 40.0. The first-order valence-electron chi connectivity index (χ1n) is 5.65.